The Kier molecular flexibility index (Phi) is 12.6. The number of aromatic nitrogens is 1. The van der Waals surface area contributed by atoms with Gasteiger partial charge < -0.3 is 37.5 Å². The number of H-pyrrole nitrogens is 1. The van der Waals surface area contributed by atoms with E-state index >= 15 is 0 Å². The predicted molar refractivity (Wildman–Crippen MR) is 165 cm³/mol. The molecule has 3 aromatic rings. The Morgan fingerprint density at radius 3 is 2.09 bits per heavy atom. The first-order valence-electron chi connectivity index (χ1n) is 13.8. The third-order valence-electron chi connectivity index (χ3n) is 6.90. The Morgan fingerprint density at radius 1 is 0.837 bits per heavy atom. The van der Waals surface area contributed by atoms with E-state index in [0.29, 0.717) is 11.3 Å². The molecule has 1 heterocycles. The van der Waals surface area contributed by atoms with Gasteiger partial charge in [-0.15, -0.1) is 0 Å². The van der Waals surface area contributed by atoms with Crippen LogP contribution in [0.4, 0.5) is 0 Å². The number of aromatic amines is 1. The van der Waals surface area contributed by atoms with Gasteiger partial charge in [0.25, 0.3) is 0 Å². The molecule has 0 spiro atoms. The van der Waals surface area contributed by atoms with Crippen LogP contribution < -0.4 is 27.4 Å². The number of fused-ring (bicyclic) bond motifs is 1. The minimum atomic E-state index is -1.26. The molecule has 3 rings (SSSR count). The molecule has 0 aliphatic rings. The lowest BCUT2D eigenvalue weighted by atomic mass is 10.0. The van der Waals surface area contributed by atoms with Gasteiger partial charge in [0.05, 0.1) is 6.04 Å². The third kappa shape index (κ3) is 10.1. The van der Waals surface area contributed by atoms with Crippen molar-refractivity contribution < 1.29 is 29.1 Å². The van der Waals surface area contributed by atoms with E-state index in [1.54, 1.807) is 6.20 Å². The summed E-state index contributed by atoms with van der Waals surface area (Å²) in [5.41, 5.74) is 13.8. The molecule has 12 nitrogen and oxygen atoms in total. The zero-order valence-corrected chi connectivity index (χ0v) is 24.7. The Hall–Kier alpha value is -4.36. The highest BCUT2D eigenvalue weighted by atomic mass is 32.2. The van der Waals surface area contributed by atoms with Crippen molar-refractivity contribution in [2.24, 2.45) is 11.5 Å². The standard InChI is InChI=1S/C30H38N6O6S/c1-43-14-13-24(29(40)36-25(30(41)42)16-19-17-33-22-10-6-5-9-20(19)22)35-28(39)23(11-12-26(32)37)34-27(38)21(31)15-18-7-3-2-4-8-18/h2-10,17,21,23-25,33H,11-16,31H2,1H3,(H2,32,37)(H,34,38)(H,35,39)(H,36,40)(H,41,42). The molecule has 9 N–H and O–H groups in total. The van der Waals surface area contributed by atoms with Crippen LogP contribution in [-0.4, -0.2) is 75.9 Å². The number of hydrogen-bond donors (Lipinski definition) is 7. The van der Waals surface area contributed by atoms with Gasteiger partial charge in [-0.2, -0.15) is 11.8 Å². The highest BCUT2D eigenvalue weighted by Crippen LogP contribution is 2.19. The van der Waals surface area contributed by atoms with Crippen molar-refractivity contribution in [3.05, 3.63) is 71.9 Å². The molecule has 43 heavy (non-hydrogen) atoms. The zero-order valence-electron chi connectivity index (χ0n) is 23.9. The Bertz CT molecular complexity index is 1410. The van der Waals surface area contributed by atoms with Gasteiger partial charge in [-0.1, -0.05) is 48.5 Å². The van der Waals surface area contributed by atoms with Crippen molar-refractivity contribution in [2.45, 2.75) is 56.3 Å². The van der Waals surface area contributed by atoms with E-state index in [1.807, 2.05) is 60.9 Å². The van der Waals surface area contributed by atoms with Crippen molar-refractivity contribution in [2.75, 3.05) is 12.0 Å². The number of carbonyl (C=O) groups excluding carboxylic acids is 4. The fraction of sp³-hybridized carbons (Fsp3) is 0.367. The van der Waals surface area contributed by atoms with E-state index in [1.165, 1.54) is 11.8 Å². The second-order valence-electron chi connectivity index (χ2n) is 10.2. The topological polar surface area (TPSA) is 209 Å². The second-order valence-corrected chi connectivity index (χ2v) is 11.2. The Balaban J connectivity index is 1.71. The summed E-state index contributed by atoms with van der Waals surface area (Å²) in [4.78, 5) is 66.2. The van der Waals surface area contributed by atoms with Crippen LogP contribution in [-0.2, 0) is 36.8 Å². The molecular weight excluding hydrogens is 572 g/mol. The van der Waals surface area contributed by atoms with E-state index < -0.39 is 53.8 Å². The Morgan fingerprint density at radius 2 is 1.44 bits per heavy atom. The van der Waals surface area contributed by atoms with E-state index in [2.05, 4.69) is 20.9 Å². The van der Waals surface area contributed by atoms with Crippen molar-refractivity contribution in [1.29, 1.82) is 0 Å². The summed E-state index contributed by atoms with van der Waals surface area (Å²) >= 11 is 1.44. The molecule has 4 amide bonds. The average molecular weight is 611 g/mol. The monoisotopic (exact) mass is 610 g/mol. The maximum absolute atomic E-state index is 13.3. The van der Waals surface area contributed by atoms with Gasteiger partial charge in [0, 0.05) is 29.9 Å². The van der Waals surface area contributed by atoms with Crippen LogP contribution in [0, 0.1) is 0 Å². The van der Waals surface area contributed by atoms with Crippen LogP contribution in [0.2, 0.25) is 0 Å². The quantitative estimate of drug-likeness (QED) is 0.116. The number of benzene rings is 2. The van der Waals surface area contributed by atoms with E-state index in [0.717, 1.165) is 16.5 Å². The van der Waals surface area contributed by atoms with Crippen molar-refractivity contribution >= 4 is 52.3 Å². The molecular formula is C30H38N6O6S. The molecule has 0 aliphatic carbocycles. The number of amides is 4. The first-order chi connectivity index (χ1) is 20.6. The van der Waals surface area contributed by atoms with Gasteiger partial charge in [0.15, 0.2) is 0 Å². The molecule has 0 saturated heterocycles. The second kappa shape index (κ2) is 16.3. The number of rotatable bonds is 17. The lowest BCUT2D eigenvalue weighted by Gasteiger charge is -2.25. The molecule has 0 radical (unpaired) electrons. The highest BCUT2D eigenvalue weighted by Gasteiger charge is 2.31. The molecule has 2 aromatic carbocycles. The van der Waals surface area contributed by atoms with E-state index in [9.17, 15) is 29.1 Å². The molecule has 4 unspecified atom stereocenters. The third-order valence-corrected chi connectivity index (χ3v) is 7.55. The number of primary amides is 1. The SMILES string of the molecule is CSCCC(NC(=O)C(CCC(N)=O)NC(=O)C(N)Cc1ccccc1)C(=O)NC(Cc1c[nH]c2ccccc12)C(=O)O. The van der Waals surface area contributed by atoms with Gasteiger partial charge in [-0.05, 0) is 48.5 Å². The minimum Gasteiger partial charge on any atom is -0.480 e. The Labute approximate surface area is 253 Å². The van der Waals surface area contributed by atoms with E-state index in [-0.39, 0.29) is 32.1 Å². The molecule has 4 atom stereocenters. The smallest absolute Gasteiger partial charge is 0.326 e. The van der Waals surface area contributed by atoms with Gasteiger partial charge >= 0.3 is 5.97 Å². The molecule has 13 heteroatoms. The first kappa shape index (κ1) is 33.1. The van der Waals surface area contributed by atoms with Crippen LogP contribution in [0.3, 0.4) is 0 Å². The normalized spacial score (nSPS) is 13.8. The minimum absolute atomic E-state index is 0.0187. The number of carbonyl (C=O) groups is 5. The molecule has 0 aliphatic heterocycles. The van der Waals surface area contributed by atoms with Crippen molar-refractivity contribution in [3.63, 3.8) is 0 Å². The molecule has 0 fully saturated rings. The molecule has 0 saturated carbocycles. The lowest BCUT2D eigenvalue weighted by Crippen LogP contribution is -2.57. The van der Waals surface area contributed by atoms with Gasteiger partial charge in [-0.3, -0.25) is 19.2 Å². The highest BCUT2D eigenvalue weighted by molar-refractivity contribution is 7.98. The number of nitrogens with one attached hydrogen (secondary N) is 4. The number of thioether (sulfide) groups is 1. The number of hydrogen-bond acceptors (Lipinski definition) is 7. The van der Waals surface area contributed by atoms with E-state index in [4.69, 9.17) is 11.5 Å². The fourth-order valence-electron chi connectivity index (χ4n) is 4.56. The molecule has 0 bridgehead atoms. The first-order valence-corrected chi connectivity index (χ1v) is 15.2. The van der Waals surface area contributed by atoms with Crippen LogP contribution in [0.15, 0.2) is 60.8 Å². The van der Waals surface area contributed by atoms with Crippen molar-refractivity contribution in [3.8, 4) is 0 Å². The summed E-state index contributed by atoms with van der Waals surface area (Å²) < 4.78 is 0. The maximum atomic E-state index is 13.3. The number of para-hydroxylation sites is 1. The number of carboxylic acid groups (broad SMARTS) is 1. The van der Waals surface area contributed by atoms with Crippen LogP contribution in [0.1, 0.15) is 30.4 Å². The summed E-state index contributed by atoms with van der Waals surface area (Å²) in [6.07, 6.45) is 3.67. The van der Waals surface area contributed by atoms with Gasteiger partial charge in [-0.25, -0.2) is 4.79 Å². The number of nitrogens with two attached hydrogens (primary N) is 2. The van der Waals surface area contributed by atoms with Crippen molar-refractivity contribution in [1.82, 2.24) is 20.9 Å². The largest absolute Gasteiger partial charge is 0.480 e. The van der Waals surface area contributed by atoms with Gasteiger partial charge in [0.1, 0.15) is 18.1 Å². The average Bonchev–Trinajstić information content (AvgIpc) is 3.39. The summed E-state index contributed by atoms with van der Waals surface area (Å²) in [5, 5.41) is 18.5. The van der Waals surface area contributed by atoms with Gasteiger partial charge in [0.2, 0.25) is 23.6 Å². The summed E-state index contributed by atoms with van der Waals surface area (Å²) in [6.45, 7) is 0. The van der Waals surface area contributed by atoms with Crippen LogP contribution >= 0.6 is 11.8 Å². The lowest BCUT2D eigenvalue weighted by molar-refractivity contribution is -0.142. The zero-order chi connectivity index (χ0) is 31.4. The predicted octanol–water partition coefficient (Wildman–Crippen LogP) is 0.838. The molecule has 230 valence electrons. The fourth-order valence-corrected chi connectivity index (χ4v) is 5.04. The summed E-state index contributed by atoms with van der Waals surface area (Å²) in [5.74, 6) is -3.42. The summed E-state index contributed by atoms with van der Waals surface area (Å²) in [7, 11) is 0. The number of aliphatic carboxylic acids is 1. The number of carboxylic acids is 1. The summed E-state index contributed by atoms with van der Waals surface area (Å²) in [6, 6.07) is 12.0. The maximum Gasteiger partial charge on any atom is 0.326 e. The molecule has 1 aromatic heterocycles. The van der Waals surface area contributed by atoms with Crippen LogP contribution in [0.5, 0.6) is 0 Å². The van der Waals surface area contributed by atoms with Crippen LogP contribution in [0.25, 0.3) is 10.9 Å².